The minimum absolute atomic E-state index is 0.0713. The summed E-state index contributed by atoms with van der Waals surface area (Å²) in [6, 6.07) is 7.82. The van der Waals surface area contributed by atoms with E-state index in [2.05, 4.69) is 0 Å². The van der Waals surface area contributed by atoms with Crippen LogP contribution in [-0.2, 0) is 21.4 Å². The molecule has 2 aromatic rings. The van der Waals surface area contributed by atoms with Gasteiger partial charge in [-0.3, -0.25) is 9.59 Å². The number of pyridine rings is 1. The molecule has 1 aromatic carbocycles. The Morgan fingerprint density at radius 3 is 2.45 bits per heavy atom. The molecule has 0 saturated carbocycles. The van der Waals surface area contributed by atoms with Crippen LogP contribution in [0.5, 0.6) is 0 Å². The van der Waals surface area contributed by atoms with Crippen LogP contribution in [0, 0.1) is 12.7 Å². The first-order valence-corrected chi connectivity index (χ1v) is 7.74. The summed E-state index contributed by atoms with van der Waals surface area (Å²) in [5.74, 6) is -1.64. The topological polar surface area (TPSA) is 85.2 Å². The van der Waals surface area contributed by atoms with E-state index in [0.29, 0.717) is 0 Å². The summed E-state index contributed by atoms with van der Waals surface area (Å²) in [4.78, 5) is 23.1. The van der Waals surface area contributed by atoms with Crippen molar-refractivity contribution in [2.24, 2.45) is 0 Å². The molecule has 0 fully saturated rings. The van der Waals surface area contributed by atoms with Crippen molar-refractivity contribution in [1.82, 2.24) is 9.29 Å². The fourth-order valence-corrected chi connectivity index (χ4v) is 2.72. The zero-order valence-corrected chi connectivity index (χ0v) is 12.4. The van der Waals surface area contributed by atoms with Gasteiger partial charge in [0.15, 0.2) is 0 Å². The van der Waals surface area contributed by atoms with Gasteiger partial charge in [-0.05, 0) is 25.1 Å². The Bertz CT molecular complexity index is 857. The smallest absolute Gasteiger partial charge is 0.264 e. The van der Waals surface area contributed by atoms with Crippen molar-refractivity contribution in [3.05, 3.63) is 64.3 Å². The Balaban J connectivity index is 2.16. The van der Waals surface area contributed by atoms with Crippen LogP contribution in [0.1, 0.15) is 5.56 Å². The van der Waals surface area contributed by atoms with Crippen molar-refractivity contribution in [2.45, 2.75) is 18.4 Å². The summed E-state index contributed by atoms with van der Waals surface area (Å²) >= 11 is 0. The Hall–Kier alpha value is -2.48. The lowest BCUT2D eigenvalue weighted by Gasteiger charge is -2.08. The third-order valence-electron chi connectivity index (χ3n) is 2.84. The zero-order valence-electron chi connectivity index (χ0n) is 11.6. The van der Waals surface area contributed by atoms with Gasteiger partial charge in [-0.15, -0.1) is 0 Å². The van der Waals surface area contributed by atoms with Gasteiger partial charge in [0, 0.05) is 12.3 Å². The third-order valence-corrected chi connectivity index (χ3v) is 4.23. The SMILES string of the molecule is Cc1ccc(S(=O)(=O)NC(=O)Cn2cc(F)ccc2=O)cc1. The van der Waals surface area contributed by atoms with E-state index in [-0.39, 0.29) is 4.90 Å². The number of hydrogen-bond acceptors (Lipinski definition) is 4. The van der Waals surface area contributed by atoms with Crippen LogP contribution >= 0.6 is 0 Å². The first-order chi connectivity index (χ1) is 10.3. The average molecular weight is 324 g/mol. The number of halogens is 1. The highest BCUT2D eigenvalue weighted by molar-refractivity contribution is 7.90. The maximum absolute atomic E-state index is 13.0. The van der Waals surface area contributed by atoms with Crippen molar-refractivity contribution >= 4 is 15.9 Å². The van der Waals surface area contributed by atoms with Gasteiger partial charge < -0.3 is 4.57 Å². The molecule has 0 bridgehead atoms. The molecule has 2 rings (SSSR count). The van der Waals surface area contributed by atoms with Crippen molar-refractivity contribution in [3.63, 3.8) is 0 Å². The molecule has 1 amide bonds. The van der Waals surface area contributed by atoms with Gasteiger partial charge in [-0.1, -0.05) is 17.7 Å². The number of rotatable bonds is 4. The quantitative estimate of drug-likeness (QED) is 0.901. The second-order valence-electron chi connectivity index (χ2n) is 4.66. The first-order valence-electron chi connectivity index (χ1n) is 6.26. The molecule has 8 heteroatoms. The number of aryl methyl sites for hydroxylation is 1. The van der Waals surface area contributed by atoms with Crippen LogP contribution in [-0.4, -0.2) is 18.9 Å². The predicted molar refractivity (Wildman–Crippen MR) is 77.2 cm³/mol. The van der Waals surface area contributed by atoms with Gasteiger partial charge in [0.05, 0.1) is 4.90 Å². The van der Waals surface area contributed by atoms with E-state index in [1.807, 2.05) is 4.72 Å². The van der Waals surface area contributed by atoms with Crippen LogP contribution < -0.4 is 10.3 Å². The van der Waals surface area contributed by atoms with Crippen molar-refractivity contribution < 1.29 is 17.6 Å². The molecule has 1 aromatic heterocycles. The Labute approximate surface area is 126 Å². The van der Waals surface area contributed by atoms with Crippen molar-refractivity contribution in [2.75, 3.05) is 0 Å². The molecule has 0 saturated heterocycles. The summed E-state index contributed by atoms with van der Waals surface area (Å²) in [5, 5.41) is 0. The van der Waals surface area contributed by atoms with Gasteiger partial charge in [-0.25, -0.2) is 17.5 Å². The standard InChI is InChI=1S/C14H13FN2O4S/c1-10-2-5-12(6-3-10)22(20,21)16-13(18)9-17-8-11(15)4-7-14(17)19/h2-8H,9H2,1H3,(H,16,18). The van der Waals surface area contributed by atoms with Crippen LogP contribution in [0.15, 0.2) is 52.3 Å². The van der Waals surface area contributed by atoms with Gasteiger partial charge in [0.1, 0.15) is 12.4 Å². The number of carbonyl (C=O) groups excluding carboxylic acids is 1. The fraction of sp³-hybridized carbons (Fsp3) is 0.143. The summed E-state index contributed by atoms with van der Waals surface area (Å²) in [5.41, 5.74) is 0.265. The number of nitrogens with one attached hydrogen (secondary N) is 1. The van der Waals surface area contributed by atoms with Gasteiger partial charge >= 0.3 is 0 Å². The van der Waals surface area contributed by atoms with Crippen LogP contribution in [0.2, 0.25) is 0 Å². The molecule has 0 atom stereocenters. The molecular formula is C14H13FN2O4S. The number of amides is 1. The lowest BCUT2D eigenvalue weighted by molar-refractivity contribution is -0.119. The van der Waals surface area contributed by atoms with E-state index >= 15 is 0 Å². The molecule has 0 spiro atoms. The average Bonchev–Trinajstić information content (AvgIpc) is 2.42. The van der Waals surface area contributed by atoms with Crippen LogP contribution in [0.4, 0.5) is 4.39 Å². The monoisotopic (exact) mass is 324 g/mol. The van der Waals surface area contributed by atoms with Crippen LogP contribution in [0.3, 0.4) is 0 Å². The van der Waals surface area contributed by atoms with Gasteiger partial charge in [0.25, 0.3) is 21.5 Å². The minimum atomic E-state index is -4.03. The first kappa shape index (κ1) is 15.9. The molecule has 6 nitrogen and oxygen atoms in total. The molecule has 0 aliphatic heterocycles. The molecule has 1 N–H and O–H groups in total. The zero-order chi connectivity index (χ0) is 16.3. The van der Waals surface area contributed by atoms with E-state index in [4.69, 9.17) is 0 Å². The molecular weight excluding hydrogens is 311 g/mol. The van der Waals surface area contributed by atoms with E-state index in [9.17, 15) is 22.4 Å². The highest BCUT2D eigenvalue weighted by atomic mass is 32.2. The maximum atomic E-state index is 13.0. The highest BCUT2D eigenvalue weighted by Crippen LogP contribution is 2.09. The molecule has 0 radical (unpaired) electrons. The molecule has 0 unspecified atom stereocenters. The van der Waals surface area contributed by atoms with Crippen molar-refractivity contribution in [1.29, 1.82) is 0 Å². The highest BCUT2D eigenvalue weighted by Gasteiger charge is 2.17. The number of nitrogens with zero attached hydrogens (tertiary/aromatic N) is 1. The Kier molecular flexibility index (Phi) is 4.41. The number of benzene rings is 1. The third kappa shape index (κ3) is 3.79. The van der Waals surface area contributed by atoms with Crippen molar-refractivity contribution in [3.8, 4) is 0 Å². The molecule has 0 aliphatic rings. The van der Waals surface area contributed by atoms with Crippen LogP contribution in [0.25, 0.3) is 0 Å². The summed E-state index contributed by atoms with van der Waals surface area (Å²) in [7, 11) is -4.03. The number of carbonyl (C=O) groups is 1. The normalized spacial score (nSPS) is 11.2. The van der Waals surface area contributed by atoms with E-state index in [1.54, 1.807) is 19.1 Å². The summed E-state index contributed by atoms with van der Waals surface area (Å²) < 4.78 is 39.7. The Morgan fingerprint density at radius 2 is 1.82 bits per heavy atom. The van der Waals surface area contributed by atoms with Gasteiger partial charge in [0.2, 0.25) is 0 Å². The molecule has 1 heterocycles. The lowest BCUT2D eigenvalue weighted by atomic mass is 10.2. The fourth-order valence-electron chi connectivity index (χ4n) is 1.74. The van der Waals surface area contributed by atoms with E-state index in [0.717, 1.165) is 28.5 Å². The predicted octanol–water partition coefficient (Wildman–Crippen LogP) is 0.801. The van der Waals surface area contributed by atoms with E-state index in [1.165, 1.54) is 12.1 Å². The Morgan fingerprint density at radius 1 is 1.18 bits per heavy atom. The maximum Gasteiger partial charge on any atom is 0.264 e. The summed E-state index contributed by atoms with van der Waals surface area (Å²) in [6.45, 7) is 1.20. The van der Waals surface area contributed by atoms with Gasteiger partial charge in [-0.2, -0.15) is 0 Å². The largest absolute Gasteiger partial charge is 0.303 e. The molecule has 22 heavy (non-hydrogen) atoms. The number of aromatic nitrogens is 1. The molecule has 116 valence electrons. The minimum Gasteiger partial charge on any atom is -0.303 e. The van der Waals surface area contributed by atoms with E-state index < -0.39 is 33.9 Å². The summed E-state index contributed by atoms with van der Waals surface area (Å²) in [6.07, 6.45) is 0.834. The number of hydrogen-bond donors (Lipinski definition) is 1. The second-order valence-corrected chi connectivity index (χ2v) is 6.34. The lowest BCUT2D eigenvalue weighted by Crippen LogP contribution is -2.35. The molecule has 0 aliphatic carbocycles. The second kappa shape index (κ2) is 6.10. The number of sulfonamides is 1.